The number of hydrogen-bond acceptors (Lipinski definition) is 5. The standard InChI is InChI=1S/C15H24N4O/c1-18-7-5-15(6-8-18)10-19(2)9-12(15)13-16-14(20-17-13)11-3-4-11/h11-12H,3-10H2,1-2H3. The van der Waals surface area contributed by atoms with E-state index in [1.165, 1.54) is 45.3 Å². The first-order valence-corrected chi connectivity index (χ1v) is 7.87. The molecule has 0 N–H and O–H groups in total. The second-order valence-corrected chi connectivity index (χ2v) is 7.18. The number of likely N-dealkylation sites (N-methyl/N-ethyl adjacent to an activating group) is 1. The van der Waals surface area contributed by atoms with Crippen LogP contribution in [0.1, 0.15) is 49.2 Å². The first kappa shape index (κ1) is 12.8. The third-order valence-corrected chi connectivity index (χ3v) is 5.50. The van der Waals surface area contributed by atoms with E-state index in [1.807, 2.05) is 0 Å². The summed E-state index contributed by atoms with van der Waals surface area (Å²) in [6.07, 6.45) is 4.96. The van der Waals surface area contributed by atoms with Gasteiger partial charge in [0.15, 0.2) is 5.82 Å². The monoisotopic (exact) mass is 276 g/mol. The number of nitrogens with zero attached hydrogens (tertiary/aromatic N) is 4. The molecule has 2 saturated heterocycles. The number of likely N-dealkylation sites (tertiary alicyclic amines) is 2. The van der Waals surface area contributed by atoms with E-state index in [4.69, 9.17) is 9.51 Å². The maximum atomic E-state index is 5.50. The predicted octanol–water partition coefficient (Wildman–Crippen LogP) is 1.69. The number of aromatic nitrogens is 2. The van der Waals surface area contributed by atoms with Gasteiger partial charge in [-0.1, -0.05) is 5.16 Å². The summed E-state index contributed by atoms with van der Waals surface area (Å²) in [7, 11) is 4.45. The largest absolute Gasteiger partial charge is 0.339 e. The third-order valence-electron chi connectivity index (χ3n) is 5.50. The fraction of sp³-hybridized carbons (Fsp3) is 0.867. The number of piperidine rings is 1. The van der Waals surface area contributed by atoms with Crippen LogP contribution in [-0.4, -0.2) is 60.2 Å². The lowest BCUT2D eigenvalue weighted by atomic mass is 9.70. The number of hydrogen-bond donors (Lipinski definition) is 0. The Hall–Kier alpha value is -0.940. The van der Waals surface area contributed by atoms with Crippen molar-refractivity contribution < 1.29 is 4.52 Å². The second kappa shape index (κ2) is 4.53. The van der Waals surface area contributed by atoms with E-state index >= 15 is 0 Å². The summed E-state index contributed by atoms with van der Waals surface area (Å²) >= 11 is 0. The van der Waals surface area contributed by atoms with Crippen LogP contribution in [0.15, 0.2) is 4.52 Å². The molecule has 0 amide bonds. The lowest BCUT2D eigenvalue weighted by molar-refractivity contribution is 0.113. The van der Waals surface area contributed by atoms with Gasteiger partial charge < -0.3 is 14.3 Å². The Balaban J connectivity index is 1.60. The normalized spacial score (nSPS) is 31.2. The molecule has 1 aliphatic carbocycles. The van der Waals surface area contributed by atoms with Crippen LogP contribution in [0, 0.1) is 5.41 Å². The molecule has 5 nitrogen and oxygen atoms in total. The van der Waals surface area contributed by atoms with E-state index in [0.717, 1.165) is 18.3 Å². The van der Waals surface area contributed by atoms with E-state index in [0.29, 0.717) is 17.3 Å². The molecule has 3 fully saturated rings. The fourth-order valence-electron chi connectivity index (χ4n) is 4.03. The van der Waals surface area contributed by atoms with Crippen LogP contribution in [0.2, 0.25) is 0 Å². The maximum Gasteiger partial charge on any atom is 0.229 e. The molecule has 1 spiro atoms. The van der Waals surface area contributed by atoms with Crippen molar-refractivity contribution in [1.29, 1.82) is 0 Å². The molecule has 3 aliphatic rings. The first-order chi connectivity index (χ1) is 9.66. The van der Waals surface area contributed by atoms with E-state index in [1.54, 1.807) is 0 Å². The highest BCUT2D eigenvalue weighted by atomic mass is 16.5. The molecule has 2 aliphatic heterocycles. The second-order valence-electron chi connectivity index (χ2n) is 7.18. The molecule has 0 aromatic carbocycles. The lowest BCUT2D eigenvalue weighted by Gasteiger charge is -2.40. The topological polar surface area (TPSA) is 45.4 Å². The van der Waals surface area contributed by atoms with Crippen molar-refractivity contribution in [2.45, 2.75) is 37.5 Å². The summed E-state index contributed by atoms with van der Waals surface area (Å²) in [4.78, 5) is 9.62. The number of rotatable bonds is 2. The quantitative estimate of drug-likeness (QED) is 0.822. The van der Waals surface area contributed by atoms with Gasteiger partial charge >= 0.3 is 0 Å². The van der Waals surface area contributed by atoms with Gasteiger partial charge in [-0.15, -0.1) is 0 Å². The SMILES string of the molecule is CN1CCC2(CC1)CN(C)CC2c1noc(C2CC2)n1. The van der Waals surface area contributed by atoms with Crippen LogP contribution in [0.4, 0.5) is 0 Å². The Morgan fingerprint density at radius 1 is 1.15 bits per heavy atom. The van der Waals surface area contributed by atoms with Crippen molar-refractivity contribution in [3.8, 4) is 0 Å². The predicted molar refractivity (Wildman–Crippen MR) is 75.7 cm³/mol. The van der Waals surface area contributed by atoms with Gasteiger partial charge in [-0.3, -0.25) is 0 Å². The Morgan fingerprint density at radius 3 is 2.60 bits per heavy atom. The van der Waals surface area contributed by atoms with Gasteiger partial charge in [0.05, 0.1) is 0 Å². The van der Waals surface area contributed by atoms with E-state index < -0.39 is 0 Å². The van der Waals surface area contributed by atoms with Crippen LogP contribution in [0.3, 0.4) is 0 Å². The zero-order valence-corrected chi connectivity index (χ0v) is 12.5. The van der Waals surface area contributed by atoms with Crippen LogP contribution in [0.5, 0.6) is 0 Å². The zero-order chi connectivity index (χ0) is 13.7. The summed E-state index contributed by atoms with van der Waals surface area (Å²) in [5, 5.41) is 4.34. The van der Waals surface area contributed by atoms with Crippen molar-refractivity contribution >= 4 is 0 Å². The van der Waals surface area contributed by atoms with Gasteiger partial charge in [0, 0.05) is 24.9 Å². The average Bonchev–Trinajstić information content (AvgIpc) is 3.08. The summed E-state index contributed by atoms with van der Waals surface area (Å²) in [5.41, 5.74) is 0.367. The average molecular weight is 276 g/mol. The van der Waals surface area contributed by atoms with Crippen molar-refractivity contribution in [3.05, 3.63) is 11.7 Å². The van der Waals surface area contributed by atoms with Crippen molar-refractivity contribution in [3.63, 3.8) is 0 Å². The van der Waals surface area contributed by atoms with Gasteiger partial charge in [-0.25, -0.2) is 0 Å². The molecule has 4 rings (SSSR count). The van der Waals surface area contributed by atoms with Gasteiger partial charge in [0.2, 0.25) is 5.89 Å². The minimum atomic E-state index is 0.367. The van der Waals surface area contributed by atoms with Gasteiger partial charge in [0.1, 0.15) is 0 Å². The lowest BCUT2D eigenvalue weighted by Crippen LogP contribution is -2.42. The molecular formula is C15H24N4O. The highest BCUT2D eigenvalue weighted by molar-refractivity contribution is 5.13. The molecule has 1 aromatic rings. The molecular weight excluding hydrogens is 252 g/mol. The van der Waals surface area contributed by atoms with Gasteiger partial charge in [-0.05, 0) is 58.3 Å². The van der Waals surface area contributed by atoms with Gasteiger partial charge in [0.25, 0.3) is 0 Å². The van der Waals surface area contributed by atoms with Crippen LogP contribution >= 0.6 is 0 Å². The molecule has 20 heavy (non-hydrogen) atoms. The Bertz CT molecular complexity index is 488. The minimum absolute atomic E-state index is 0.367. The summed E-state index contributed by atoms with van der Waals surface area (Å²) in [5.74, 6) is 2.87. The van der Waals surface area contributed by atoms with E-state index in [-0.39, 0.29) is 0 Å². The molecule has 1 atom stereocenters. The summed E-state index contributed by atoms with van der Waals surface area (Å²) in [6, 6.07) is 0. The molecule has 110 valence electrons. The highest BCUT2D eigenvalue weighted by Gasteiger charge is 2.49. The van der Waals surface area contributed by atoms with E-state index in [2.05, 4.69) is 29.1 Å². The smallest absolute Gasteiger partial charge is 0.229 e. The highest BCUT2D eigenvalue weighted by Crippen LogP contribution is 2.49. The van der Waals surface area contributed by atoms with Crippen molar-refractivity contribution in [2.75, 3.05) is 40.3 Å². The molecule has 1 saturated carbocycles. The zero-order valence-electron chi connectivity index (χ0n) is 12.5. The Kier molecular flexibility index (Phi) is 2.89. The maximum absolute atomic E-state index is 5.50. The molecule has 5 heteroatoms. The van der Waals surface area contributed by atoms with Crippen LogP contribution < -0.4 is 0 Å². The third kappa shape index (κ3) is 2.07. The first-order valence-electron chi connectivity index (χ1n) is 7.87. The van der Waals surface area contributed by atoms with Crippen molar-refractivity contribution in [2.24, 2.45) is 5.41 Å². The summed E-state index contributed by atoms with van der Waals surface area (Å²) < 4.78 is 5.50. The van der Waals surface area contributed by atoms with E-state index in [9.17, 15) is 0 Å². The molecule has 1 unspecified atom stereocenters. The molecule has 0 radical (unpaired) electrons. The fourth-order valence-corrected chi connectivity index (χ4v) is 4.03. The van der Waals surface area contributed by atoms with Gasteiger partial charge in [-0.2, -0.15) is 4.98 Å². The van der Waals surface area contributed by atoms with Crippen LogP contribution in [0.25, 0.3) is 0 Å². The minimum Gasteiger partial charge on any atom is -0.339 e. The summed E-state index contributed by atoms with van der Waals surface area (Å²) in [6.45, 7) is 4.64. The molecule has 1 aromatic heterocycles. The molecule has 0 bridgehead atoms. The van der Waals surface area contributed by atoms with Crippen LogP contribution in [-0.2, 0) is 0 Å². The molecule has 3 heterocycles. The Morgan fingerprint density at radius 2 is 1.90 bits per heavy atom. The van der Waals surface area contributed by atoms with Crippen molar-refractivity contribution in [1.82, 2.24) is 19.9 Å². The Labute approximate surface area is 120 Å².